The highest BCUT2D eigenvalue weighted by Crippen LogP contribution is 2.06. The number of carbonyl (C=O) groups excluding carboxylic acids is 1. The first-order chi connectivity index (χ1) is 6.58. The topological polar surface area (TPSA) is 64.4 Å². The summed E-state index contributed by atoms with van der Waals surface area (Å²) in [5, 5.41) is 2.45. The average molecular weight is 198 g/mol. The van der Waals surface area contributed by atoms with Crippen LogP contribution in [-0.2, 0) is 4.74 Å². The zero-order valence-corrected chi connectivity index (χ0v) is 8.53. The number of oxazole rings is 1. The molecule has 1 N–H and O–H groups in total. The van der Waals surface area contributed by atoms with Gasteiger partial charge in [-0.05, 0) is 5.92 Å². The van der Waals surface area contributed by atoms with Gasteiger partial charge in [0.1, 0.15) is 6.26 Å². The number of amides is 1. The summed E-state index contributed by atoms with van der Waals surface area (Å²) in [6.45, 7) is 6.02. The van der Waals surface area contributed by atoms with Crippen LogP contribution in [0.15, 0.2) is 10.7 Å². The van der Waals surface area contributed by atoms with Crippen molar-refractivity contribution in [3.8, 4) is 0 Å². The largest absolute Gasteiger partial charge is 0.449 e. The number of hydrogen-bond acceptors (Lipinski definition) is 4. The predicted octanol–water partition coefficient (Wildman–Crippen LogP) is 2.19. The van der Waals surface area contributed by atoms with Gasteiger partial charge in [-0.1, -0.05) is 13.8 Å². The Kier molecular flexibility index (Phi) is 3.50. The molecule has 5 heteroatoms. The number of carbonyl (C=O) groups is 1. The van der Waals surface area contributed by atoms with Crippen molar-refractivity contribution in [2.24, 2.45) is 5.92 Å². The Hall–Kier alpha value is -1.52. The highest BCUT2D eigenvalue weighted by molar-refractivity contribution is 5.82. The molecule has 5 nitrogen and oxygen atoms in total. The van der Waals surface area contributed by atoms with Crippen LogP contribution in [0.1, 0.15) is 19.7 Å². The van der Waals surface area contributed by atoms with Crippen LogP contribution in [0.4, 0.5) is 10.6 Å². The third kappa shape index (κ3) is 3.47. The van der Waals surface area contributed by atoms with Crippen LogP contribution in [0.3, 0.4) is 0 Å². The van der Waals surface area contributed by atoms with Crippen LogP contribution >= 0.6 is 0 Å². The number of aryl methyl sites for hydroxylation is 1. The van der Waals surface area contributed by atoms with E-state index in [1.807, 2.05) is 13.8 Å². The van der Waals surface area contributed by atoms with E-state index in [-0.39, 0.29) is 0 Å². The fraction of sp³-hybridized carbons (Fsp3) is 0.556. The minimum atomic E-state index is -0.507. The SMILES string of the molecule is Cc1nc(NC(=O)OCC(C)C)co1. The van der Waals surface area contributed by atoms with Gasteiger partial charge in [0.2, 0.25) is 0 Å². The molecule has 1 rings (SSSR count). The van der Waals surface area contributed by atoms with Crippen LogP contribution in [0, 0.1) is 12.8 Å². The first kappa shape index (κ1) is 10.6. The molecule has 0 aliphatic heterocycles. The number of anilines is 1. The van der Waals surface area contributed by atoms with E-state index in [2.05, 4.69) is 10.3 Å². The summed E-state index contributed by atoms with van der Waals surface area (Å²) in [6.07, 6.45) is 0.860. The van der Waals surface area contributed by atoms with Crippen molar-refractivity contribution < 1.29 is 13.9 Å². The summed E-state index contributed by atoms with van der Waals surface area (Å²) in [6, 6.07) is 0. The molecule has 0 atom stereocenters. The van der Waals surface area contributed by atoms with Crippen LogP contribution in [0.5, 0.6) is 0 Å². The van der Waals surface area contributed by atoms with E-state index in [1.165, 1.54) is 6.26 Å². The first-order valence-corrected chi connectivity index (χ1v) is 4.44. The molecular weight excluding hydrogens is 184 g/mol. The quantitative estimate of drug-likeness (QED) is 0.808. The Morgan fingerprint density at radius 3 is 2.93 bits per heavy atom. The van der Waals surface area contributed by atoms with Gasteiger partial charge < -0.3 is 9.15 Å². The molecule has 78 valence electrons. The monoisotopic (exact) mass is 198 g/mol. The Bertz CT molecular complexity index is 307. The normalized spacial score (nSPS) is 10.3. The van der Waals surface area contributed by atoms with Crippen LogP contribution < -0.4 is 5.32 Å². The van der Waals surface area contributed by atoms with Crippen molar-refractivity contribution in [1.82, 2.24) is 4.98 Å². The summed E-state index contributed by atoms with van der Waals surface area (Å²) in [4.78, 5) is 15.0. The van der Waals surface area contributed by atoms with Gasteiger partial charge in [0, 0.05) is 6.92 Å². The molecule has 0 aromatic carbocycles. The van der Waals surface area contributed by atoms with Crippen molar-refractivity contribution >= 4 is 11.9 Å². The van der Waals surface area contributed by atoms with Gasteiger partial charge in [-0.3, -0.25) is 5.32 Å². The van der Waals surface area contributed by atoms with E-state index in [4.69, 9.17) is 9.15 Å². The van der Waals surface area contributed by atoms with E-state index in [9.17, 15) is 4.79 Å². The fourth-order valence-corrected chi connectivity index (χ4v) is 0.804. The molecule has 0 saturated carbocycles. The van der Waals surface area contributed by atoms with E-state index in [0.717, 1.165) is 0 Å². The van der Waals surface area contributed by atoms with Gasteiger partial charge in [-0.2, -0.15) is 4.98 Å². The zero-order valence-electron chi connectivity index (χ0n) is 8.53. The lowest BCUT2D eigenvalue weighted by atomic mass is 10.2. The molecule has 1 aromatic heterocycles. The predicted molar refractivity (Wildman–Crippen MR) is 51.0 cm³/mol. The Morgan fingerprint density at radius 2 is 2.43 bits per heavy atom. The number of rotatable bonds is 3. The minimum Gasteiger partial charge on any atom is -0.449 e. The van der Waals surface area contributed by atoms with Crippen LogP contribution in [0.25, 0.3) is 0 Å². The van der Waals surface area contributed by atoms with Crippen LogP contribution in [0.2, 0.25) is 0 Å². The molecule has 0 aliphatic carbocycles. The third-order valence-corrected chi connectivity index (χ3v) is 1.40. The number of nitrogens with one attached hydrogen (secondary N) is 1. The van der Waals surface area contributed by atoms with Gasteiger partial charge in [0.05, 0.1) is 6.61 Å². The lowest BCUT2D eigenvalue weighted by molar-refractivity contribution is 0.147. The van der Waals surface area contributed by atoms with Crippen molar-refractivity contribution in [3.05, 3.63) is 12.2 Å². The molecule has 0 unspecified atom stereocenters. The Morgan fingerprint density at radius 1 is 1.71 bits per heavy atom. The lowest BCUT2D eigenvalue weighted by Crippen LogP contribution is -2.16. The molecule has 0 aliphatic rings. The molecule has 1 heterocycles. The average Bonchev–Trinajstić information content (AvgIpc) is 2.48. The first-order valence-electron chi connectivity index (χ1n) is 4.44. The molecule has 0 bridgehead atoms. The molecule has 0 spiro atoms. The number of ether oxygens (including phenoxy) is 1. The second-order valence-corrected chi connectivity index (χ2v) is 3.37. The maximum Gasteiger partial charge on any atom is 0.412 e. The van der Waals surface area contributed by atoms with Crippen molar-refractivity contribution in [2.45, 2.75) is 20.8 Å². The highest BCUT2D eigenvalue weighted by atomic mass is 16.5. The van der Waals surface area contributed by atoms with Crippen molar-refractivity contribution in [1.29, 1.82) is 0 Å². The number of aromatic nitrogens is 1. The van der Waals surface area contributed by atoms with Gasteiger partial charge in [0.15, 0.2) is 11.7 Å². The second-order valence-electron chi connectivity index (χ2n) is 3.37. The lowest BCUT2D eigenvalue weighted by Gasteiger charge is -2.06. The Labute approximate surface area is 82.5 Å². The standard InChI is InChI=1S/C9H14N2O3/c1-6(2)4-14-9(12)11-8-5-13-7(3)10-8/h5-6H,4H2,1-3H3,(H,11,12). The molecule has 1 amide bonds. The summed E-state index contributed by atoms with van der Waals surface area (Å²) >= 11 is 0. The fourth-order valence-electron chi connectivity index (χ4n) is 0.804. The smallest absolute Gasteiger partial charge is 0.412 e. The minimum absolute atomic E-state index is 0.319. The summed E-state index contributed by atoms with van der Waals surface area (Å²) < 4.78 is 9.79. The molecular formula is C9H14N2O3. The third-order valence-electron chi connectivity index (χ3n) is 1.40. The van der Waals surface area contributed by atoms with E-state index < -0.39 is 6.09 Å². The van der Waals surface area contributed by atoms with Gasteiger partial charge in [0.25, 0.3) is 0 Å². The summed E-state index contributed by atoms with van der Waals surface area (Å²) in [5.74, 6) is 1.19. The molecule has 0 saturated heterocycles. The molecule has 0 fully saturated rings. The molecule has 0 radical (unpaired) electrons. The van der Waals surface area contributed by atoms with E-state index >= 15 is 0 Å². The zero-order chi connectivity index (χ0) is 10.6. The number of hydrogen-bond donors (Lipinski definition) is 1. The maximum atomic E-state index is 11.1. The van der Waals surface area contributed by atoms with Crippen molar-refractivity contribution in [3.63, 3.8) is 0 Å². The van der Waals surface area contributed by atoms with E-state index in [1.54, 1.807) is 6.92 Å². The summed E-state index contributed by atoms with van der Waals surface area (Å²) in [5.41, 5.74) is 0. The van der Waals surface area contributed by atoms with Crippen molar-refractivity contribution in [2.75, 3.05) is 11.9 Å². The van der Waals surface area contributed by atoms with Crippen LogP contribution in [-0.4, -0.2) is 17.7 Å². The summed E-state index contributed by atoms with van der Waals surface area (Å²) in [7, 11) is 0. The van der Waals surface area contributed by atoms with Gasteiger partial charge >= 0.3 is 6.09 Å². The highest BCUT2D eigenvalue weighted by Gasteiger charge is 2.06. The second kappa shape index (κ2) is 4.64. The maximum absolute atomic E-state index is 11.1. The molecule has 1 aromatic rings. The van der Waals surface area contributed by atoms with E-state index in [0.29, 0.717) is 24.2 Å². The Balaban J connectivity index is 2.34. The molecule has 14 heavy (non-hydrogen) atoms. The van der Waals surface area contributed by atoms with Gasteiger partial charge in [-0.15, -0.1) is 0 Å². The number of nitrogens with zero attached hydrogens (tertiary/aromatic N) is 1. The van der Waals surface area contributed by atoms with Gasteiger partial charge in [-0.25, -0.2) is 4.79 Å².